The van der Waals surface area contributed by atoms with Gasteiger partial charge in [-0.15, -0.1) is 6.42 Å². The molecule has 0 radical (unpaired) electrons. The molecule has 1 aromatic carbocycles. The second kappa shape index (κ2) is 8.17. The molecule has 0 bridgehead atoms. The van der Waals surface area contributed by atoms with Gasteiger partial charge in [0.15, 0.2) is 0 Å². The number of fused-ring (bicyclic) bond motifs is 1. The molecule has 1 saturated heterocycles. The van der Waals surface area contributed by atoms with Gasteiger partial charge in [0.2, 0.25) is 0 Å². The van der Waals surface area contributed by atoms with Crippen molar-refractivity contribution in [1.82, 2.24) is 19.4 Å². The van der Waals surface area contributed by atoms with E-state index in [4.69, 9.17) is 6.42 Å². The molecule has 8 heteroatoms. The van der Waals surface area contributed by atoms with E-state index < -0.39 is 12.5 Å². The van der Waals surface area contributed by atoms with Crippen LogP contribution in [0.5, 0.6) is 0 Å². The molecule has 5 rings (SSSR count). The number of rotatable bonds is 5. The first-order chi connectivity index (χ1) is 16.2. The van der Waals surface area contributed by atoms with Crippen LogP contribution < -0.4 is 10.9 Å². The third-order valence-corrected chi connectivity index (χ3v) is 7.22. The number of aryl methyl sites for hydroxylation is 1. The maximum absolute atomic E-state index is 13.4. The van der Waals surface area contributed by atoms with Gasteiger partial charge in [-0.2, -0.15) is 0 Å². The Bertz CT molecular complexity index is 1360. The lowest BCUT2D eigenvalue weighted by Crippen LogP contribution is -2.61. The lowest BCUT2D eigenvalue weighted by atomic mass is 9.61. The summed E-state index contributed by atoms with van der Waals surface area (Å²) >= 11 is 0. The van der Waals surface area contributed by atoms with Crippen molar-refractivity contribution in [3.05, 3.63) is 63.3 Å². The lowest BCUT2D eigenvalue weighted by Gasteiger charge is -2.58. The summed E-state index contributed by atoms with van der Waals surface area (Å²) in [4.78, 5) is 24.2. The van der Waals surface area contributed by atoms with Gasteiger partial charge in [0.25, 0.3) is 12.0 Å². The molecule has 0 unspecified atom stereocenters. The van der Waals surface area contributed by atoms with Gasteiger partial charge in [-0.05, 0) is 50.3 Å². The number of nitrogens with one attached hydrogen (secondary N) is 1. The molecule has 34 heavy (non-hydrogen) atoms. The smallest absolute Gasteiger partial charge is 0.264 e. The van der Waals surface area contributed by atoms with Gasteiger partial charge in [-0.25, -0.2) is 18.7 Å². The zero-order valence-electron chi connectivity index (χ0n) is 19.5. The zero-order chi connectivity index (χ0) is 24.2. The maximum Gasteiger partial charge on any atom is 0.264 e. The minimum absolute atomic E-state index is 0.0438. The number of terminal acetylenes is 1. The van der Waals surface area contributed by atoms with E-state index in [1.807, 2.05) is 6.20 Å². The molecule has 1 saturated carbocycles. The Morgan fingerprint density at radius 1 is 1.21 bits per heavy atom. The normalized spacial score (nSPS) is 18.5. The van der Waals surface area contributed by atoms with Crippen molar-refractivity contribution in [3.63, 3.8) is 0 Å². The molecule has 1 aliphatic carbocycles. The van der Waals surface area contributed by atoms with Crippen LogP contribution in [0, 0.1) is 31.6 Å². The van der Waals surface area contributed by atoms with Gasteiger partial charge >= 0.3 is 0 Å². The minimum atomic E-state index is -2.59. The Morgan fingerprint density at radius 2 is 1.91 bits per heavy atom. The van der Waals surface area contributed by atoms with E-state index in [-0.39, 0.29) is 17.2 Å². The van der Waals surface area contributed by atoms with Crippen LogP contribution in [-0.2, 0) is 0 Å². The molecule has 176 valence electrons. The Kier molecular flexibility index (Phi) is 5.40. The van der Waals surface area contributed by atoms with E-state index in [0.717, 1.165) is 25.9 Å². The summed E-state index contributed by atoms with van der Waals surface area (Å²) in [6.07, 6.45) is 7.00. The van der Waals surface area contributed by atoms with E-state index in [1.54, 1.807) is 36.6 Å². The van der Waals surface area contributed by atoms with Crippen LogP contribution in [0.3, 0.4) is 0 Å². The number of hydrogen-bond acceptors (Lipinski definition) is 5. The summed E-state index contributed by atoms with van der Waals surface area (Å²) in [5, 5.41) is 3.93. The van der Waals surface area contributed by atoms with Crippen molar-refractivity contribution in [1.29, 1.82) is 0 Å². The molecule has 6 nitrogen and oxygen atoms in total. The predicted octanol–water partition coefficient (Wildman–Crippen LogP) is 4.40. The third-order valence-electron chi connectivity index (χ3n) is 7.22. The van der Waals surface area contributed by atoms with Crippen molar-refractivity contribution in [3.8, 4) is 12.3 Å². The molecule has 2 aliphatic rings. The van der Waals surface area contributed by atoms with Crippen LogP contribution in [0.1, 0.15) is 53.9 Å². The number of aromatic nitrogens is 3. The molecular formula is C26H27F2N5O. The number of halogens is 2. The number of pyridine rings is 1. The van der Waals surface area contributed by atoms with E-state index in [0.29, 0.717) is 39.1 Å². The second-order valence-electron chi connectivity index (χ2n) is 9.78. The molecule has 1 aliphatic heterocycles. The fourth-order valence-corrected chi connectivity index (χ4v) is 5.69. The van der Waals surface area contributed by atoms with Gasteiger partial charge in [0, 0.05) is 37.0 Å². The minimum Gasteiger partial charge on any atom is -0.352 e. The average Bonchev–Trinajstić information content (AvgIpc) is 2.73. The van der Waals surface area contributed by atoms with Crippen LogP contribution in [-0.4, -0.2) is 39.6 Å². The molecular weight excluding hydrogens is 436 g/mol. The molecule has 3 heterocycles. The van der Waals surface area contributed by atoms with Gasteiger partial charge in [-0.3, -0.25) is 4.79 Å². The monoisotopic (exact) mass is 463 g/mol. The number of anilines is 1. The number of alkyl halides is 2. The van der Waals surface area contributed by atoms with Gasteiger partial charge in [0.1, 0.15) is 17.7 Å². The van der Waals surface area contributed by atoms with Crippen molar-refractivity contribution < 1.29 is 8.78 Å². The van der Waals surface area contributed by atoms with E-state index >= 15 is 0 Å². The quantitative estimate of drug-likeness (QED) is 0.569. The number of likely N-dealkylation sites (tertiary alicyclic amines) is 1. The summed E-state index contributed by atoms with van der Waals surface area (Å²) < 4.78 is 28.7. The Balaban J connectivity index is 1.51. The summed E-state index contributed by atoms with van der Waals surface area (Å²) in [5.41, 5.74) is 1.77. The van der Waals surface area contributed by atoms with Crippen LogP contribution in [0.15, 0.2) is 35.3 Å². The first kappa shape index (κ1) is 22.5. The highest BCUT2D eigenvalue weighted by atomic mass is 19.3. The van der Waals surface area contributed by atoms with Crippen LogP contribution in [0.4, 0.5) is 14.6 Å². The fraction of sp³-hybridized carbons (Fsp3) is 0.423. The summed E-state index contributed by atoms with van der Waals surface area (Å²) in [6.45, 7) is 5.53. The highest BCUT2D eigenvalue weighted by molar-refractivity contribution is 5.88. The number of nitrogens with zero attached hydrogens (tertiary/aromatic N) is 4. The fourth-order valence-electron chi connectivity index (χ4n) is 5.69. The number of benzene rings is 1. The topological polar surface area (TPSA) is 63.1 Å². The van der Waals surface area contributed by atoms with Crippen molar-refractivity contribution >= 4 is 16.7 Å². The van der Waals surface area contributed by atoms with Crippen LogP contribution in [0.25, 0.3) is 10.9 Å². The molecule has 2 aromatic heterocycles. The zero-order valence-corrected chi connectivity index (χ0v) is 19.5. The van der Waals surface area contributed by atoms with E-state index in [1.165, 1.54) is 6.07 Å². The molecule has 2 fully saturated rings. The van der Waals surface area contributed by atoms with Crippen molar-refractivity contribution in [2.75, 3.05) is 25.5 Å². The summed E-state index contributed by atoms with van der Waals surface area (Å²) in [5.74, 6) is 3.64. The maximum atomic E-state index is 13.4. The highest BCUT2D eigenvalue weighted by Crippen LogP contribution is 2.53. The van der Waals surface area contributed by atoms with E-state index in [9.17, 15) is 13.6 Å². The Labute approximate surface area is 197 Å². The summed E-state index contributed by atoms with van der Waals surface area (Å²) in [7, 11) is 2.11. The molecule has 0 amide bonds. The first-order valence-electron chi connectivity index (χ1n) is 11.4. The number of hydrogen-bond donors (Lipinski definition) is 1. The van der Waals surface area contributed by atoms with Crippen molar-refractivity contribution in [2.24, 2.45) is 5.41 Å². The lowest BCUT2D eigenvalue weighted by molar-refractivity contribution is -0.0764. The largest absolute Gasteiger partial charge is 0.352 e. The standard InChI is InChI=1S/C26H27F2N5O/c1-5-21(18-7-6-8-19(15(18)2)24(27)28)31-25-20-12-33(17-10-26(11-17)13-32(4)14-26)23(34)9-22(20)29-16(3)30-25/h1,6-9,12,17,21,24H,10-11,13-14H2,2-4H3,(H,29,30,31)/t21-/m1/s1. The molecule has 1 N–H and O–H groups in total. The second-order valence-corrected chi connectivity index (χ2v) is 9.78. The van der Waals surface area contributed by atoms with Crippen LogP contribution >= 0.6 is 0 Å². The molecule has 1 spiro atoms. The third kappa shape index (κ3) is 3.74. The molecule has 3 aromatic rings. The van der Waals surface area contributed by atoms with Gasteiger partial charge < -0.3 is 14.8 Å². The Hall–Kier alpha value is -3.31. The Morgan fingerprint density at radius 3 is 2.56 bits per heavy atom. The molecule has 1 atom stereocenters. The summed E-state index contributed by atoms with van der Waals surface area (Å²) in [6, 6.07) is 5.75. The predicted molar refractivity (Wildman–Crippen MR) is 128 cm³/mol. The van der Waals surface area contributed by atoms with E-state index in [2.05, 4.69) is 33.2 Å². The average molecular weight is 464 g/mol. The van der Waals surface area contributed by atoms with Gasteiger partial charge in [-0.1, -0.05) is 24.1 Å². The van der Waals surface area contributed by atoms with Crippen LogP contribution in [0.2, 0.25) is 0 Å². The highest BCUT2D eigenvalue weighted by Gasteiger charge is 2.51. The van der Waals surface area contributed by atoms with Gasteiger partial charge in [0.05, 0.1) is 10.9 Å². The first-order valence-corrected chi connectivity index (χ1v) is 11.4. The SMILES string of the molecule is C#C[C@@H](Nc1nc(C)nc2cc(=O)n(C3CC4(C3)CN(C)C4)cc12)c1cccc(C(F)F)c1C. The van der Waals surface area contributed by atoms with Crippen molar-refractivity contribution in [2.45, 2.75) is 45.2 Å².